The molecule has 0 saturated carbocycles. The van der Waals surface area contributed by atoms with Gasteiger partial charge in [-0.15, -0.1) is 0 Å². The fourth-order valence-electron chi connectivity index (χ4n) is 3.59. The number of hydrogen-bond donors (Lipinski definition) is 3. The number of nitrogens with two attached hydrogens (primary N) is 2. The lowest BCUT2D eigenvalue weighted by atomic mass is 9.96. The maximum Gasteiger partial charge on any atom is 0.422 e. The number of aliphatic hydroxyl groups is 1. The van der Waals surface area contributed by atoms with Gasteiger partial charge in [-0.1, -0.05) is 48.9 Å². The highest BCUT2D eigenvalue weighted by atomic mass is 19.4. The van der Waals surface area contributed by atoms with Gasteiger partial charge < -0.3 is 15.8 Å². The molecule has 9 heteroatoms. The van der Waals surface area contributed by atoms with Gasteiger partial charge in [0.05, 0.1) is 17.8 Å². The molecule has 2 aromatic carbocycles. The quantitative estimate of drug-likeness (QED) is 0.378. The average Bonchev–Trinajstić information content (AvgIpc) is 2.76. The third-order valence-electron chi connectivity index (χ3n) is 5.45. The van der Waals surface area contributed by atoms with Crippen molar-refractivity contribution in [3.63, 3.8) is 0 Å². The van der Waals surface area contributed by atoms with Gasteiger partial charge in [0.2, 0.25) is 5.60 Å². The highest BCUT2D eigenvalue weighted by Crippen LogP contribution is 2.37. The Balaban J connectivity index is 1.97. The van der Waals surface area contributed by atoms with Crippen molar-refractivity contribution < 1.29 is 18.3 Å². The summed E-state index contributed by atoms with van der Waals surface area (Å²) in [5.41, 5.74) is 5.87. The predicted molar refractivity (Wildman–Crippen MR) is 120 cm³/mol. The summed E-state index contributed by atoms with van der Waals surface area (Å²) in [7, 11) is 0. The number of aryl methyl sites for hydroxylation is 1. The lowest BCUT2D eigenvalue weighted by Gasteiger charge is -2.30. The first-order valence-electron chi connectivity index (χ1n) is 10.2. The van der Waals surface area contributed by atoms with Crippen molar-refractivity contribution in [2.75, 3.05) is 0 Å². The van der Waals surface area contributed by atoms with Gasteiger partial charge in [0.1, 0.15) is 11.8 Å². The second-order valence-electron chi connectivity index (χ2n) is 7.86. The molecule has 0 aliphatic rings. The van der Waals surface area contributed by atoms with Crippen molar-refractivity contribution in [1.82, 2.24) is 9.99 Å². The van der Waals surface area contributed by atoms with Crippen molar-refractivity contribution in [3.8, 4) is 17.2 Å². The van der Waals surface area contributed by atoms with E-state index in [9.17, 15) is 23.5 Å². The Morgan fingerprint density at radius 2 is 1.94 bits per heavy atom. The van der Waals surface area contributed by atoms with E-state index in [-0.39, 0.29) is 12.2 Å². The van der Waals surface area contributed by atoms with Gasteiger partial charge >= 0.3 is 6.18 Å². The minimum atomic E-state index is -4.93. The molecule has 3 aromatic rings. The van der Waals surface area contributed by atoms with E-state index in [4.69, 9.17) is 11.6 Å². The summed E-state index contributed by atoms with van der Waals surface area (Å²) in [5.74, 6) is 5.86. The van der Waals surface area contributed by atoms with Crippen molar-refractivity contribution in [3.05, 3.63) is 77.2 Å². The van der Waals surface area contributed by atoms with Gasteiger partial charge in [-0.3, -0.25) is 0 Å². The molecule has 5 N–H and O–H groups in total. The minimum absolute atomic E-state index is 0.00648. The molecule has 0 bridgehead atoms. The van der Waals surface area contributed by atoms with E-state index in [1.165, 1.54) is 6.92 Å². The molecule has 3 rings (SSSR count). The second kappa shape index (κ2) is 9.10. The molecule has 1 atom stereocenters. The summed E-state index contributed by atoms with van der Waals surface area (Å²) in [5, 5.41) is 21.2. The zero-order chi connectivity index (χ0) is 24.4. The molecule has 6 nitrogen and oxygen atoms in total. The van der Waals surface area contributed by atoms with Crippen LogP contribution in [0.5, 0.6) is 0 Å². The molecular weight excluding hydrogens is 431 g/mol. The summed E-state index contributed by atoms with van der Waals surface area (Å²) < 4.78 is 39.6. The normalized spacial score (nSPS) is 14.1. The molecule has 1 heterocycles. The van der Waals surface area contributed by atoms with Crippen molar-refractivity contribution in [2.24, 2.45) is 11.6 Å². The highest BCUT2D eigenvalue weighted by molar-refractivity contribution is 5.95. The number of pyridine rings is 1. The molecule has 0 aliphatic heterocycles. The van der Waals surface area contributed by atoms with Crippen molar-refractivity contribution in [2.45, 2.75) is 38.6 Å². The summed E-state index contributed by atoms with van der Waals surface area (Å²) in [6, 6.07) is 17.0. The Morgan fingerprint density at radius 1 is 1.21 bits per heavy atom. The van der Waals surface area contributed by atoms with Gasteiger partial charge in [0, 0.05) is 11.6 Å². The summed E-state index contributed by atoms with van der Waals surface area (Å²) in [6.07, 6.45) is -4.71. The monoisotopic (exact) mass is 455 g/mol. The van der Waals surface area contributed by atoms with Gasteiger partial charge in [0.15, 0.2) is 0 Å². The number of benzene rings is 2. The van der Waals surface area contributed by atoms with E-state index in [1.54, 1.807) is 18.2 Å². The minimum Gasteiger partial charge on any atom is -0.398 e. The number of nitriles is 1. The Labute approximate surface area is 189 Å². The molecule has 0 spiro atoms. The molecule has 1 unspecified atom stereocenters. The van der Waals surface area contributed by atoms with Crippen LogP contribution in [0, 0.1) is 18.3 Å². The van der Waals surface area contributed by atoms with Crippen LogP contribution < -0.4 is 11.6 Å². The summed E-state index contributed by atoms with van der Waals surface area (Å²) >= 11 is 0. The van der Waals surface area contributed by atoms with Crippen LogP contribution in [0.25, 0.3) is 22.0 Å². The third kappa shape index (κ3) is 4.92. The van der Waals surface area contributed by atoms with E-state index < -0.39 is 23.9 Å². The first-order chi connectivity index (χ1) is 15.5. The fraction of sp³-hybridized carbons (Fsp3) is 0.250. The van der Waals surface area contributed by atoms with Crippen LogP contribution >= 0.6 is 0 Å². The van der Waals surface area contributed by atoms with Gasteiger partial charge in [-0.25, -0.2) is 10.8 Å². The summed E-state index contributed by atoms with van der Waals surface area (Å²) in [6.45, 7) is 3.17. The van der Waals surface area contributed by atoms with E-state index in [0.29, 0.717) is 11.1 Å². The smallest absolute Gasteiger partial charge is 0.398 e. The van der Waals surface area contributed by atoms with E-state index in [1.807, 2.05) is 37.3 Å². The van der Waals surface area contributed by atoms with Gasteiger partial charge in [-0.2, -0.15) is 18.4 Å². The first kappa shape index (κ1) is 24.0. The SMILES string of the molecule is CCC(O)(/C(N)=C/N(N)Cc1ccc2c(-c3cccc(C)c3)cc(C#N)nc2c1)C(F)(F)F. The number of nitrogens with zero attached hydrogens (tertiary/aromatic N) is 3. The Kier molecular flexibility index (Phi) is 6.63. The van der Waals surface area contributed by atoms with Crippen LogP contribution in [0.4, 0.5) is 13.2 Å². The zero-order valence-electron chi connectivity index (χ0n) is 18.2. The molecule has 0 saturated heterocycles. The Morgan fingerprint density at radius 3 is 2.55 bits per heavy atom. The van der Waals surface area contributed by atoms with E-state index in [0.717, 1.165) is 33.3 Å². The van der Waals surface area contributed by atoms with E-state index >= 15 is 0 Å². The number of fused-ring (bicyclic) bond motifs is 1. The van der Waals surface area contributed by atoms with Gasteiger partial charge in [0.25, 0.3) is 0 Å². The largest absolute Gasteiger partial charge is 0.422 e. The molecule has 33 heavy (non-hydrogen) atoms. The van der Waals surface area contributed by atoms with Crippen LogP contribution in [-0.4, -0.2) is 26.9 Å². The number of hydrogen-bond acceptors (Lipinski definition) is 6. The van der Waals surface area contributed by atoms with Crippen LogP contribution in [0.15, 0.2) is 60.4 Å². The molecule has 172 valence electrons. The molecule has 0 radical (unpaired) electrons. The predicted octanol–water partition coefficient (Wildman–Crippen LogP) is 4.26. The lowest BCUT2D eigenvalue weighted by Crippen LogP contribution is -2.49. The van der Waals surface area contributed by atoms with Crippen molar-refractivity contribution in [1.29, 1.82) is 5.26 Å². The number of halogens is 3. The number of hydrazine groups is 1. The summed E-state index contributed by atoms with van der Waals surface area (Å²) in [4.78, 5) is 4.37. The second-order valence-corrected chi connectivity index (χ2v) is 7.86. The number of rotatable bonds is 6. The maximum absolute atomic E-state index is 13.2. The topological polar surface area (TPSA) is 112 Å². The molecular formula is C24H24F3N5O. The maximum atomic E-state index is 13.2. The third-order valence-corrected chi connectivity index (χ3v) is 5.45. The molecule has 0 fully saturated rings. The van der Waals surface area contributed by atoms with Crippen molar-refractivity contribution >= 4 is 10.9 Å². The number of alkyl halides is 3. The van der Waals surface area contributed by atoms with Crippen LogP contribution in [0.3, 0.4) is 0 Å². The standard InChI is InChI=1S/C24H24F3N5O/c1-3-23(33,24(25,26)27)22(29)14-32(30)13-16-7-8-19-20(17-6-4-5-15(2)9-17)11-18(12-28)31-21(19)10-16/h4-11,14,33H,3,13,29-30H2,1-2H3/b22-14-. The molecule has 0 aliphatic carbocycles. The fourth-order valence-corrected chi connectivity index (χ4v) is 3.59. The van der Waals surface area contributed by atoms with Crippen LogP contribution in [0.1, 0.15) is 30.2 Å². The van der Waals surface area contributed by atoms with Crippen LogP contribution in [0.2, 0.25) is 0 Å². The van der Waals surface area contributed by atoms with Gasteiger partial charge in [-0.05, 0) is 42.2 Å². The number of aromatic nitrogens is 1. The molecule has 0 amide bonds. The Hall–Kier alpha value is -3.61. The van der Waals surface area contributed by atoms with E-state index in [2.05, 4.69) is 11.1 Å². The lowest BCUT2D eigenvalue weighted by molar-refractivity contribution is -0.245. The average molecular weight is 455 g/mol. The zero-order valence-corrected chi connectivity index (χ0v) is 18.2. The highest BCUT2D eigenvalue weighted by Gasteiger charge is 2.54. The van der Waals surface area contributed by atoms with Crippen LogP contribution in [-0.2, 0) is 6.54 Å². The first-order valence-corrected chi connectivity index (χ1v) is 10.2. The Bertz CT molecular complexity index is 1250. The molecule has 1 aromatic heterocycles.